The lowest BCUT2D eigenvalue weighted by Crippen LogP contribution is -2.62. The van der Waals surface area contributed by atoms with E-state index in [0.717, 1.165) is 34.9 Å². The number of benzene rings is 2. The quantitative estimate of drug-likeness (QED) is 0.618. The largest absolute Gasteiger partial charge is 0.363 e. The molecule has 1 saturated carbocycles. The second-order valence-electron chi connectivity index (χ2n) is 10.0. The minimum absolute atomic E-state index is 0.0835. The molecule has 0 unspecified atom stereocenters. The average Bonchev–Trinajstić information content (AvgIpc) is 3.57. The van der Waals surface area contributed by atoms with Crippen LogP contribution in [0.4, 0.5) is 4.39 Å². The standard InChI is InChI=1S/C26H26B2FN3O2/c27-26(28,31-11-8-25(9-12-31)16-32(20-4-5-20)24(33)15-34-25)21-6-3-18(13-22(21)29)19-2-1-17-7-10-30-23(17)14-19/h1-3,6-7,10,13-14,20,30H,4-5,8-9,11-12,15-16H2. The molecule has 0 atom stereocenters. The zero-order chi connectivity index (χ0) is 23.5. The number of morpholine rings is 1. The molecule has 8 heteroatoms. The fourth-order valence-electron chi connectivity index (χ4n) is 5.46. The van der Waals surface area contributed by atoms with Gasteiger partial charge in [-0.3, -0.25) is 4.79 Å². The van der Waals surface area contributed by atoms with Crippen LogP contribution in [0, 0.1) is 5.82 Å². The number of likely N-dealkylation sites (tertiary alicyclic amines) is 1. The van der Waals surface area contributed by atoms with E-state index in [-0.39, 0.29) is 23.7 Å². The number of carbonyl (C=O) groups is 1. The number of nitrogens with zero attached hydrogens (tertiary/aromatic N) is 2. The summed E-state index contributed by atoms with van der Waals surface area (Å²) in [5, 5.41) is -0.327. The van der Waals surface area contributed by atoms with Crippen molar-refractivity contribution in [2.75, 3.05) is 26.2 Å². The molecule has 1 amide bonds. The molecule has 2 aromatic carbocycles. The number of aromatic nitrogens is 1. The van der Waals surface area contributed by atoms with E-state index in [2.05, 4.69) is 4.98 Å². The zero-order valence-electron chi connectivity index (χ0n) is 19.1. The summed E-state index contributed by atoms with van der Waals surface area (Å²) in [6.45, 7) is 1.91. The summed E-state index contributed by atoms with van der Waals surface area (Å²) in [7, 11) is 13.1. The van der Waals surface area contributed by atoms with Crippen LogP contribution in [0.5, 0.6) is 0 Å². The minimum Gasteiger partial charge on any atom is -0.363 e. The number of aromatic amines is 1. The Morgan fingerprint density at radius 1 is 1.06 bits per heavy atom. The number of hydrogen-bond acceptors (Lipinski definition) is 3. The van der Waals surface area contributed by atoms with Crippen molar-refractivity contribution < 1.29 is 13.9 Å². The number of hydrogen-bond donors (Lipinski definition) is 1. The van der Waals surface area contributed by atoms with E-state index in [9.17, 15) is 4.79 Å². The normalized spacial score (nSPS) is 21.4. The predicted octanol–water partition coefficient (Wildman–Crippen LogP) is 3.28. The van der Waals surface area contributed by atoms with Crippen LogP contribution in [0.2, 0.25) is 0 Å². The average molecular weight is 453 g/mol. The molecule has 34 heavy (non-hydrogen) atoms. The number of halogens is 1. The number of amides is 1. The second kappa shape index (κ2) is 7.99. The highest BCUT2D eigenvalue weighted by Gasteiger charge is 2.47. The first-order chi connectivity index (χ1) is 16.3. The van der Waals surface area contributed by atoms with E-state index in [0.29, 0.717) is 38.5 Å². The number of fused-ring (bicyclic) bond motifs is 1. The molecule has 1 spiro atoms. The van der Waals surface area contributed by atoms with Crippen molar-refractivity contribution in [1.82, 2.24) is 14.8 Å². The van der Waals surface area contributed by atoms with Gasteiger partial charge in [0.25, 0.3) is 0 Å². The lowest BCUT2D eigenvalue weighted by atomic mass is 9.56. The molecule has 3 heterocycles. The Morgan fingerprint density at radius 3 is 2.53 bits per heavy atom. The lowest BCUT2D eigenvalue weighted by molar-refractivity contribution is -0.173. The van der Waals surface area contributed by atoms with Crippen molar-refractivity contribution >= 4 is 32.5 Å². The maximum Gasteiger partial charge on any atom is 0.248 e. The van der Waals surface area contributed by atoms with Crippen LogP contribution < -0.4 is 0 Å². The molecule has 1 aliphatic carbocycles. The van der Waals surface area contributed by atoms with Crippen LogP contribution in [0.3, 0.4) is 0 Å². The third-order valence-corrected chi connectivity index (χ3v) is 7.76. The van der Waals surface area contributed by atoms with Crippen LogP contribution in [-0.2, 0) is 14.9 Å². The summed E-state index contributed by atoms with van der Waals surface area (Å²) in [5.74, 6) is -0.339. The van der Waals surface area contributed by atoms with Gasteiger partial charge in [-0.25, -0.2) is 4.39 Å². The van der Waals surface area contributed by atoms with E-state index in [1.165, 1.54) is 6.07 Å². The van der Waals surface area contributed by atoms with Crippen molar-refractivity contribution in [1.29, 1.82) is 0 Å². The highest BCUT2D eigenvalue weighted by atomic mass is 19.1. The number of carbonyl (C=O) groups excluding carboxylic acids is 1. The van der Waals surface area contributed by atoms with E-state index >= 15 is 4.39 Å². The van der Waals surface area contributed by atoms with E-state index in [1.807, 2.05) is 46.3 Å². The number of piperidine rings is 1. The van der Waals surface area contributed by atoms with E-state index in [1.54, 1.807) is 6.07 Å². The topological polar surface area (TPSA) is 48.6 Å². The molecule has 2 aliphatic heterocycles. The van der Waals surface area contributed by atoms with Gasteiger partial charge in [-0.1, -0.05) is 24.3 Å². The molecule has 5 nitrogen and oxygen atoms in total. The smallest absolute Gasteiger partial charge is 0.248 e. The Labute approximate surface area is 201 Å². The third kappa shape index (κ3) is 3.77. The summed E-state index contributed by atoms with van der Waals surface area (Å²) in [5.41, 5.74) is 2.61. The van der Waals surface area contributed by atoms with Crippen molar-refractivity contribution in [2.24, 2.45) is 0 Å². The summed E-state index contributed by atoms with van der Waals surface area (Å²) >= 11 is 0. The summed E-state index contributed by atoms with van der Waals surface area (Å²) in [6, 6.07) is 13.4. The fourth-order valence-corrected chi connectivity index (χ4v) is 5.46. The SMILES string of the molecule is [B]C([B])(c1ccc(-c2ccc3cc[nH]c3c2)cc1F)N1CCC2(CC1)CN(C1CC1)C(=O)CO2. The van der Waals surface area contributed by atoms with Crippen molar-refractivity contribution in [3.8, 4) is 11.1 Å². The fraction of sp³-hybridized carbons (Fsp3) is 0.423. The van der Waals surface area contributed by atoms with Crippen LogP contribution in [0.15, 0.2) is 48.7 Å². The number of H-pyrrole nitrogens is 1. The molecule has 1 aromatic heterocycles. The van der Waals surface area contributed by atoms with Gasteiger partial charge < -0.3 is 19.5 Å². The van der Waals surface area contributed by atoms with Gasteiger partial charge in [-0.15, -0.1) is 0 Å². The van der Waals surface area contributed by atoms with E-state index in [4.69, 9.17) is 20.4 Å². The predicted molar refractivity (Wildman–Crippen MR) is 131 cm³/mol. The maximum atomic E-state index is 15.3. The minimum atomic E-state index is -1.44. The molecule has 0 bridgehead atoms. The zero-order valence-corrected chi connectivity index (χ0v) is 19.1. The Morgan fingerprint density at radius 2 is 1.79 bits per heavy atom. The van der Waals surface area contributed by atoms with Crippen molar-refractivity contribution in [3.63, 3.8) is 0 Å². The van der Waals surface area contributed by atoms with Gasteiger partial charge in [-0.2, -0.15) is 0 Å². The number of ether oxygens (including phenoxy) is 1. The van der Waals surface area contributed by atoms with Crippen molar-refractivity contribution in [2.45, 2.75) is 42.7 Å². The van der Waals surface area contributed by atoms with Gasteiger partial charge in [-0.05, 0) is 71.3 Å². The molecule has 3 fully saturated rings. The van der Waals surface area contributed by atoms with Crippen LogP contribution in [0.1, 0.15) is 31.2 Å². The highest BCUT2D eigenvalue weighted by Crippen LogP contribution is 2.39. The van der Waals surface area contributed by atoms with Gasteiger partial charge in [0.2, 0.25) is 5.91 Å². The number of rotatable bonds is 4. The molecule has 170 valence electrons. The van der Waals surface area contributed by atoms with Crippen LogP contribution >= 0.6 is 0 Å². The monoisotopic (exact) mass is 453 g/mol. The van der Waals surface area contributed by atoms with Crippen LogP contribution in [-0.4, -0.2) is 74.3 Å². The molecule has 4 radical (unpaired) electrons. The first-order valence-corrected chi connectivity index (χ1v) is 12.0. The van der Waals surface area contributed by atoms with Gasteiger partial charge in [0.15, 0.2) is 0 Å². The number of nitrogens with one attached hydrogen (secondary N) is 1. The summed E-state index contributed by atoms with van der Waals surface area (Å²) in [4.78, 5) is 19.3. The first kappa shape index (κ1) is 21.9. The highest BCUT2D eigenvalue weighted by molar-refractivity contribution is 6.39. The third-order valence-electron chi connectivity index (χ3n) is 7.76. The summed E-state index contributed by atoms with van der Waals surface area (Å²) in [6.07, 6.45) is 5.45. The van der Waals surface area contributed by atoms with Crippen LogP contribution in [0.25, 0.3) is 22.0 Å². The van der Waals surface area contributed by atoms with Gasteiger partial charge in [0.05, 0.1) is 27.8 Å². The Kier molecular flexibility index (Phi) is 5.15. The molecule has 3 aliphatic rings. The molecular formula is C26H26B2FN3O2. The Hall–Kier alpha value is -2.57. The molecular weight excluding hydrogens is 427 g/mol. The van der Waals surface area contributed by atoms with Crippen molar-refractivity contribution in [3.05, 3.63) is 60.0 Å². The lowest BCUT2D eigenvalue weighted by Gasteiger charge is -2.51. The van der Waals surface area contributed by atoms with Gasteiger partial charge in [0, 0.05) is 30.8 Å². The summed E-state index contributed by atoms with van der Waals surface area (Å²) < 4.78 is 21.3. The Balaban J connectivity index is 1.19. The first-order valence-electron chi connectivity index (χ1n) is 12.0. The molecule has 3 aromatic rings. The molecule has 6 rings (SSSR count). The molecule has 1 N–H and O–H groups in total. The van der Waals surface area contributed by atoms with Gasteiger partial charge in [0.1, 0.15) is 12.4 Å². The van der Waals surface area contributed by atoms with E-state index < -0.39 is 11.2 Å². The van der Waals surface area contributed by atoms with Gasteiger partial charge >= 0.3 is 0 Å². The molecule has 2 saturated heterocycles. The maximum absolute atomic E-state index is 15.3. The second-order valence-corrected chi connectivity index (χ2v) is 10.0. The Bertz CT molecular complexity index is 1250.